The van der Waals surface area contributed by atoms with Gasteiger partial charge in [0.2, 0.25) is 0 Å². The Morgan fingerprint density at radius 1 is 0.778 bits per heavy atom. The lowest BCUT2D eigenvalue weighted by Crippen LogP contribution is -1.89. The van der Waals surface area contributed by atoms with Crippen LogP contribution in [-0.4, -0.2) is 10.2 Å². The number of hydrogen-bond donors (Lipinski definition) is 2. The molecule has 0 bridgehead atoms. The SMILES string of the molecule is Oc1ccc(Cc2cc(Cl)c(O)c(Cl)c2)cc1Cl. The van der Waals surface area contributed by atoms with Crippen molar-refractivity contribution in [2.24, 2.45) is 0 Å². The highest BCUT2D eigenvalue weighted by Crippen LogP contribution is 2.33. The number of phenols is 2. The monoisotopic (exact) mass is 302 g/mol. The Hall–Kier alpha value is -1.09. The van der Waals surface area contributed by atoms with Gasteiger partial charge in [0.05, 0.1) is 15.1 Å². The highest BCUT2D eigenvalue weighted by Gasteiger charge is 2.08. The van der Waals surface area contributed by atoms with Crippen LogP contribution in [0.15, 0.2) is 30.3 Å². The van der Waals surface area contributed by atoms with Crippen LogP contribution in [0.4, 0.5) is 0 Å². The summed E-state index contributed by atoms with van der Waals surface area (Å²) in [6.07, 6.45) is 0.555. The van der Waals surface area contributed by atoms with Crippen molar-refractivity contribution in [3.05, 3.63) is 56.5 Å². The number of benzene rings is 2. The lowest BCUT2D eigenvalue weighted by atomic mass is 10.0. The minimum absolute atomic E-state index is 0.0437. The Morgan fingerprint density at radius 3 is 1.89 bits per heavy atom. The van der Waals surface area contributed by atoms with Crippen LogP contribution in [0.25, 0.3) is 0 Å². The molecule has 0 aromatic heterocycles. The maximum Gasteiger partial charge on any atom is 0.152 e. The molecule has 2 rings (SSSR count). The lowest BCUT2D eigenvalue weighted by Gasteiger charge is -2.07. The van der Waals surface area contributed by atoms with Gasteiger partial charge in [0.1, 0.15) is 5.75 Å². The van der Waals surface area contributed by atoms with E-state index in [1.165, 1.54) is 6.07 Å². The summed E-state index contributed by atoms with van der Waals surface area (Å²) in [5.74, 6) is -0.0759. The van der Waals surface area contributed by atoms with Gasteiger partial charge in [-0.2, -0.15) is 0 Å². The van der Waals surface area contributed by atoms with Gasteiger partial charge in [0.15, 0.2) is 5.75 Å². The molecule has 0 heterocycles. The van der Waals surface area contributed by atoms with E-state index in [0.29, 0.717) is 11.4 Å². The van der Waals surface area contributed by atoms with Gasteiger partial charge in [-0.3, -0.25) is 0 Å². The van der Waals surface area contributed by atoms with E-state index in [9.17, 15) is 10.2 Å². The summed E-state index contributed by atoms with van der Waals surface area (Å²) in [6, 6.07) is 8.25. The summed E-state index contributed by atoms with van der Waals surface area (Å²) in [5, 5.41) is 19.5. The minimum atomic E-state index is -0.120. The first-order valence-electron chi connectivity index (χ1n) is 5.11. The first-order valence-corrected chi connectivity index (χ1v) is 6.25. The highest BCUT2D eigenvalue weighted by molar-refractivity contribution is 6.37. The average Bonchev–Trinajstić information content (AvgIpc) is 2.31. The van der Waals surface area contributed by atoms with Crippen LogP contribution in [0.5, 0.6) is 11.5 Å². The van der Waals surface area contributed by atoms with E-state index < -0.39 is 0 Å². The molecule has 18 heavy (non-hydrogen) atoms. The van der Waals surface area contributed by atoms with Gasteiger partial charge in [0.25, 0.3) is 0 Å². The van der Waals surface area contributed by atoms with E-state index in [1.54, 1.807) is 24.3 Å². The van der Waals surface area contributed by atoms with E-state index in [4.69, 9.17) is 34.8 Å². The second-order valence-electron chi connectivity index (χ2n) is 3.87. The van der Waals surface area contributed by atoms with E-state index in [-0.39, 0.29) is 21.5 Å². The molecule has 2 aromatic carbocycles. The molecule has 0 spiro atoms. The van der Waals surface area contributed by atoms with Gasteiger partial charge >= 0.3 is 0 Å². The summed E-state index contributed by atoms with van der Waals surface area (Å²) >= 11 is 17.5. The predicted molar refractivity (Wildman–Crippen MR) is 74.0 cm³/mol. The van der Waals surface area contributed by atoms with Gasteiger partial charge in [-0.05, 0) is 41.8 Å². The first-order chi connectivity index (χ1) is 8.47. The van der Waals surface area contributed by atoms with Crippen molar-refractivity contribution in [1.82, 2.24) is 0 Å². The molecule has 0 aliphatic heterocycles. The zero-order chi connectivity index (χ0) is 13.3. The standard InChI is InChI=1S/C13H9Cl3O2/c14-9-4-7(1-2-12(9)17)3-8-5-10(15)13(18)11(16)6-8/h1-2,4-6,17-18H,3H2. The zero-order valence-corrected chi connectivity index (χ0v) is 11.4. The van der Waals surface area contributed by atoms with Gasteiger partial charge in [0, 0.05) is 0 Å². The van der Waals surface area contributed by atoms with Crippen molar-refractivity contribution in [3.63, 3.8) is 0 Å². The van der Waals surface area contributed by atoms with Crippen LogP contribution in [-0.2, 0) is 6.42 Å². The molecule has 0 unspecified atom stereocenters. The number of hydrogen-bond acceptors (Lipinski definition) is 2. The maximum atomic E-state index is 9.46. The number of phenolic OH excluding ortho intramolecular Hbond substituents is 2. The van der Waals surface area contributed by atoms with Crippen molar-refractivity contribution in [2.45, 2.75) is 6.42 Å². The second kappa shape index (κ2) is 5.27. The molecule has 0 saturated heterocycles. The summed E-state index contributed by atoms with van der Waals surface area (Å²) in [7, 11) is 0. The average molecular weight is 304 g/mol. The molecule has 0 aliphatic rings. The van der Waals surface area contributed by atoms with E-state index in [1.807, 2.05) is 0 Å². The molecule has 5 heteroatoms. The molecule has 2 N–H and O–H groups in total. The Morgan fingerprint density at radius 2 is 1.33 bits per heavy atom. The second-order valence-corrected chi connectivity index (χ2v) is 5.09. The molecule has 0 fully saturated rings. The zero-order valence-electron chi connectivity index (χ0n) is 9.12. The predicted octanol–water partition coefficient (Wildman–Crippen LogP) is 4.65. The molecule has 0 atom stereocenters. The third-order valence-electron chi connectivity index (χ3n) is 2.50. The number of rotatable bonds is 2. The smallest absolute Gasteiger partial charge is 0.152 e. The fourth-order valence-electron chi connectivity index (χ4n) is 1.62. The Kier molecular flexibility index (Phi) is 3.91. The molecule has 2 aromatic rings. The number of aromatic hydroxyl groups is 2. The maximum absolute atomic E-state index is 9.46. The van der Waals surface area contributed by atoms with E-state index in [2.05, 4.69) is 0 Å². The van der Waals surface area contributed by atoms with Crippen molar-refractivity contribution in [1.29, 1.82) is 0 Å². The molecule has 0 aliphatic carbocycles. The van der Waals surface area contributed by atoms with Crippen molar-refractivity contribution >= 4 is 34.8 Å². The summed E-state index contributed by atoms with van der Waals surface area (Å²) in [6.45, 7) is 0. The molecular weight excluding hydrogens is 294 g/mol. The van der Waals surface area contributed by atoms with Gasteiger partial charge < -0.3 is 10.2 Å². The van der Waals surface area contributed by atoms with Gasteiger partial charge in [-0.1, -0.05) is 40.9 Å². The van der Waals surface area contributed by atoms with Crippen LogP contribution in [0.1, 0.15) is 11.1 Å². The first kappa shape index (κ1) is 13.3. The topological polar surface area (TPSA) is 40.5 Å². The fourth-order valence-corrected chi connectivity index (χ4v) is 2.35. The molecular formula is C13H9Cl3O2. The van der Waals surface area contributed by atoms with Crippen LogP contribution >= 0.6 is 34.8 Å². The summed E-state index contributed by atoms with van der Waals surface area (Å²) < 4.78 is 0. The van der Waals surface area contributed by atoms with Gasteiger partial charge in [-0.25, -0.2) is 0 Å². The van der Waals surface area contributed by atoms with Crippen molar-refractivity contribution in [3.8, 4) is 11.5 Å². The molecule has 2 nitrogen and oxygen atoms in total. The molecule has 0 radical (unpaired) electrons. The Balaban J connectivity index is 2.31. The minimum Gasteiger partial charge on any atom is -0.506 e. The van der Waals surface area contributed by atoms with Crippen LogP contribution < -0.4 is 0 Å². The summed E-state index contributed by atoms with van der Waals surface area (Å²) in [4.78, 5) is 0. The van der Waals surface area contributed by atoms with Gasteiger partial charge in [-0.15, -0.1) is 0 Å². The largest absolute Gasteiger partial charge is 0.506 e. The van der Waals surface area contributed by atoms with Crippen LogP contribution in [0, 0.1) is 0 Å². The van der Waals surface area contributed by atoms with Crippen LogP contribution in [0.2, 0.25) is 15.1 Å². The number of halogens is 3. The normalized spacial score (nSPS) is 10.6. The molecule has 0 saturated carbocycles. The van der Waals surface area contributed by atoms with Crippen molar-refractivity contribution < 1.29 is 10.2 Å². The lowest BCUT2D eigenvalue weighted by molar-refractivity contribution is 0.475. The Bertz CT molecular complexity index is 574. The third kappa shape index (κ3) is 2.83. The molecule has 94 valence electrons. The fraction of sp³-hybridized carbons (Fsp3) is 0.0769. The van der Waals surface area contributed by atoms with Crippen molar-refractivity contribution in [2.75, 3.05) is 0 Å². The third-order valence-corrected chi connectivity index (χ3v) is 3.38. The molecule has 0 amide bonds. The van der Waals surface area contributed by atoms with E-state index in [0.717, 1.165) is 11.1 Å². The van der Waals surface area contributed by atoms with E-state index >= 15 is 0 Å². The highest BCUT2D eigenvalue weighted by atomic mass is 35.5. The van der Waals surface area contributed by atoms with Crippen LogP contribution in [0.3, 0.4) is 0 Å². The Labute approximate surface area is 119 Å². The quantitative estimate of drug-likeness (QED) is 0.848. The summed E-state index contributed by atoms with van der Waals surface area (Å²) in [5.41, 5.74) is 1.76.